The van der Waals surface area contributed by atoms with Crippen LogP contribution in [0.2, 0.25) is 0 Å². The Bertz CT molecular complexity index is 134. The number of hydrogen-bond acceptors (Lipinski definition) is 2. The largest absolute Gasteiger partial charge is 0.303 e. The molecule has 1 rings (SSSR count). The molecule has 0 saturated carbocycles. The molecule has 3 heteroatoms. The third kappa shape index (κ3) is 1.77. The van der Waals surface area contributed by atoms with E-state index in [9.17, 15) is 4.91 Å². The maximum absolute atomic E-state index is 11.0. The monoisotopic (exact) mass is 143 g/mol. The highest BCUT2D eigenvalue weighted by Crippen LogP contribution is 2.11. The van der Waals surface area contributed by atoms with E-state index in [1.165, 1.54) is 4.76 Å². The molecule has 0 amide bonds. The molecule has 1 aliphatic rings. The minimum atomic E-state index is 0.259. The Kier molecular flexibility index (Phi) is 2.38. The Morgan fingerprint density at radius 3 is 2.70 bits per heavy atom. The maximum Gasteiger partial charge on any atom is 0.214 e. The van der Waals surface area contributed by atoms with Crippen LogP contribution in [0.3, 0.4) is 0 Å². The van der Waals surface area contributed by atoms with Gasteiger partial charge in [-0.15, -0.1) is 0 Å². The molecular formula is C7H15N2O+. The highest BCUT2D eigenvalue weighted by atomic mass is 16.3. The summed E-state index contributed by atoms with van der Waals surface area (Å²) in [6.45, 7) is 1.64. The lowest BCUT2D eigenvalue weighted by Gasteiger charge is -2.08. The molecule has 1 aliphatic heterocycles. The third-order valence-electron chi connectivity index (χ3n) is 1.90. The molecule has 0 aromatic heterocycles. The summed E-state index contributed by atoms with van der Waals surface area (Å²) in [6.07, 6.45) is 2.14. The highest BCUT2D eigenvalue weighted by Gasteiger charge is 2.31. The van der Waals surface area contributed by atoms with Crippen LogP contribution >= 0.6 is 0 Å². The molecule has 1 atom stereocenters. The molecule has 0 aliphatic carbocycles. The summed E-state index contributed by atoms with van der Waals surface area (Å²) < 4.78 is 1.21. The van der Waals surface area contributed by atoms with E-state index in [1.807, 2.05) is 14.1 Å². The van der Waals surface area contributed by atoms with E-state index < -0.39 is 0 Å². The second-order valence-electron chi connectivity index (χ2n) is 3.20. The minimum Gasteiger partial charge on any atom is -0.303 e. The third-order valence-corrected chi connectivity index (χ3v) is 1.90. The molecule has 1 fully saturated rings. The summed E-state index contributed by atoms with van der Waals surface area (Å²) in [5, 5.41) is 0. The average molecular weight is 143 g/mol. The molecule has 1 unspecified atom stereocenters. The van der Waals surface area contributed by atoms with E-state index >= 15 is 0 Å². The van der Waals surface area contributed by atoms with Crippen LogP contribution in [0.5, 0.6) is 0 Å². The average Bonchev–Trinajstić information content (AvgIpc) is 2.15. The standard InChI is InChI=1S/C7H15N2O/c1-8(2)6-7-4-3-5-9(7)10/h7H,3-6H2,1-2H3/q+1. The second-order valence-corrected chi connectivity index (χ2v) is 3.20. The first-order chi connectivity index (χ1) is 4.70. The smallest absolute Gasteiger partial charge is 0.214 e. The lowest BCUT2D eigenvalue weighted by atomic mass is 10.2. The summed E-state index contributed by atoms with van der Waals surface area (Å²) in [4.78, 5) is 13.1. The first-order valence-electron chi connectivity index (χ1n) is 3.78. The van der Waals surface area contributed by atoms with Gasteiger partial charge in [0.1, 0.15) is 0 Å². The fourth-order valence-corrected chi connectivity index (χ4v) is 1.41. The van der Waals surface area contributed by atoms with Crippen molar-refractivity contribution in [2.24, 2.45) is 0 Å². The van der Waals surface area contributed by atoms with Crippen molar-refractivity contribution in [3.63, 3.8) is 0 Å². The molecule has 1 saturated heterocycles. The summed E-state index contributed by atoms with van der Waals surface area (Å²) >= 11 is 0. The zero-order valence-corrected chi connectivity index (χ0v) is 6.71. The van der Waals surface area contributed by atoms with E-state index in [0.717, 1.165) is 25.9 Å². The van der Waals surface area contributed by atoms with E-state index in [2.05, 4.69) is 4.90 Å². The molecular weight excluding hydrogens is 128 g/mol. The fraction of sp³-hybridized carbons (Fsp3) is 1.00. The first-order valence-corrected chi connectivity index (χ1v) is 3.78. The van der Waals surface area contributed by atoms with Crippen LogP contribution in [0, 0.1) is 4.91 Å². The van der Waals surface area contributed by atoms with E-state index in [1.54, 1.807) is 0 Å². The van der Waals surface area contributed by atoms with Gasteiger partial charge >= 0.3 is 0 Å². The van der Waals surface area contributed by atoms with E-state index in [-0.39, 0.29) is 6.04 Å². The van der Waals surface area contributed by atoms with E-state index in [0.29, 0.717) is 0 Å². The van der Waals surface area contributed by atoms with Crippen LogP contribution in [-0.4, -0.2) is 42.9 Å². The topological polar surface area (TPSA) is 23.3 Å². The van der Waals surface area contributed by atoms with Gasteiger partial charge in [-0.3, -0.25) is 0 Å². The van der Waals surface area contributed by atoms with Gasteiger partial charge in [0.25, 0.3) is 0 Å². The van der Waals surface area contributed by atoms with Crippen LogP contribution in [0.25, 0.3) is 0 Å². The molecule has 58 valence electrons. The fourth-order valence-electron chi connectivity index (χ4n) is 1.41. The van der Waals surface area contributed by atoms with Crippen molar-refractivity contribution in [1.82, 2.24) is 4.90 Å². The summed E-state index contributed by atoms with van der Waals surface area (Å²) in [7, 11) is 4.01. The number of nitroso groups, excluding NO2 is 1. The van der Waals surface area contributed by atoms with Crippen molar-refractivity contribution in [1.29, 1.82) is 0 Å². The number of likely N-dealkylation sites (N-methyl/N-ethyl adjacent to an activating group) is 1. The quantitative estimate of drug-likeness (QED) is 0.525. The van der Waals surface area contributed by atoms with E-state index in [4.69, 9.17) is 0 Å². The molecule has 0 radical (unpaired) electrons. The number of hydrogen-bond donors (Lipinski definition) is 0. The van der Waals surface area contributed by atoms with Gasteiger partial charge in [0.2, 0.25) is 6.04 Å². The van der Waals surface area contributed by atoms with Crippen molar-refractivity contribution in [2.45, 2.75) is 18.9 Å². The van der Waals surface area contributed by atoms with Gasteiger partial charge in [0, 0.05) is 22.5 Å². The van der Waals surface area contributed by atoms with Gasteiger partial charge in [0.05, 0.1) is 6.54 Å². The number of rotatable bonds is 2. The molecule has 1 heterocycles. The summed E-state index contributed by atoms with van der Waals surface area (Å²) in [5.41, 5.74) is 0. The molecule has 0 spiro atoms. The van der Waals surface area contributed by atoms with Crippen LogP contribution in [0.15, 0.2) is 0 Å². The molecule has 0 bridgehead atoms. The minimum absolute atomic E-state index is 0.259. The molecule has 0 N–H and O–H groups in total. The lowest BCUT2D eigenvalue weighted by Crippen LogP contribution is -2.30. The molecule has 0 aromatic rings. The Hall–Kier alpha value is -0.440. The maximum atomic E-state index is 11.0. The Labute approximate surface area is 61.6 Å². The second kappa shape index (κ2) is 3.10. The van der Waals surface area contributed by atoms with Crippen molar-refractivity contribution >= 4 is 0 Å². The highest BCUT2D eigenvalue weighted by molar-refractivity contribution is 4.64. The predicted molar refractivity (Wildman–Crippen MR) is 40.1 cm³/mol. The van der Waals surface area contributed by atoms with Crippen LogP contribution < -0.4 is 0 Å². The predicted octanol–water partition coefficient (Wildman–Crippen LogP) is 0.489. The lowest BCUT2D eigenvalue weighted by molar-refractivity contribution is -0.564. The van der Waals surface area contributed by atoms with Crippen LogP contribution in [-0.2, 0) is 0 Å². The zero-order chi connectivity index (χ0) is 7.56. The number of nitrogens with zero attached hydrogens (tertiary/aromatic N) is 2. The van der Waals surface area contributed by atoms with Crippen LogP contribution in [0.4, 0.5) is 0 Å². The van der Waals surface area contributed by atoms with Crippen molar-refractivity contribution < 1.29 is 4.76 Å². The molecule has 10 heavy (non-hydrogen) atoms. The van der Waals surface area contributed by atoms with Crippen molar-refractivity contribution in [3.8, 4) is 0 Å². The van der Waals surface area contributed by atoms with Gasteiger partial charge in [-0.25, -0.2) is 0 Å². The SMILES string of the molecule is CN(C)CC1CCC[N+]1=O. The Morgan fingerprint density at radius 2 is 2.30 bits per heavy atom. The first kappa shape index (κ1) is 7.66. The molecule has 0 aromatic carbocycles. The van der Waals surface area contributed by atoms with Gasteiger partial charge in [-0.2, -0.15) is 0 Å². The van der Waals surface area contributed by atoms with Gasteiger partial charge in [-0.1, -0.05) is 0 Å². The Balaban J connectivity index is 2.33. The summed E-state index contributed by atoms with van der Waals surface area (Å²) in [5.74, 6) is 0. The summed E-state index contributed by atoms with van der Waals surface area (Å²) in [6, 6.07) is 0.259. The van der Waals surface area contributed by atoms with Crippen molar-refractivity contribution in [2.75, 3.05) is 27.2 Å². The normalized spacial score (nSPS) is 26.3. The van der Waals surface area contributed by atoms with Crippen molar-refractivity contribution in [3.05, 3.63) is 4.91 Å². The Morgan fingerprint density at radius 1 is 1.60 bits per heavy atom. The van der Waals surface area contributed by atoms with Gasteiger partial charge in [-0.05, 0) is 14.1 Å². The van der Waals surface area contributed by atoms with Crippen LogP contribution in [0.1, 0.15) is 12.8 Å². The van der Waals surface area contributed by atoms with Gasteiger partial charge < -0.3 is 4.90 Å². The van der Waals surface area contributed by atoms with Gasteiger partial charge in [0.15, 0.2) is 6.54 Å². The zero-order valence-electron chi connectivity index (χ0n) is 6.71. The molecule has 3 nitrogen and oxygen atoms in total.